The first kappa shape index (κ1) is 11.8. The van der Waals surface area contributed by atoms with Crippen LogP contribution in [0.15, 0.2) is 12.3 Å². The SMILES string of the molecule is Cc1ccnc(N2CCCN3CCCC3C2)c1N. The van der Waals surface area contributed by atoms with E-state index in [-0.39, 0.29) is 0 Å². The molecule has 98 valence electrons. The summed E-state index contributed by atoms with van der Waals surface area (Å²) in [4.78, 5) is 9.52. The van der Waals surface area contributed by atoms with Gasteiger partial charge in [0.15, 0.2) is 5.82 Å². The van der Waals surface area contributed by atoms with Crippen molar-refractivity contribution in [1.29, 1.82) is 0 Å². The molecule has 1 atom stereocenters. The average Bonchev–Trinajstić information content (AvgIpc) is 2.70. The van der Waals surface area contributed by atoms with Crippen molar-refractivity contribution in [3.8, 4) is 0 Å². The molecule has 2 fully saturated rings. The maximum atomic E-state index is 6.18. The van der Waals surface area contributed by atoms with Gasteiger partial charge in [-0.25, -0.2) is 4.98 Å². The number of nitrogens with two attached hydrogens (primary N) is 1. The number of fused-ring (bicyclic) bond motifs is 1. The molecule has 3 rings (SSSR count). The Morgan fingerprint density at radius 3 is 3.00 bits per heavy atom. The van der Waals surface area contributed by atoms with Crippen LogP contribution in [0, 0.1) is 6.92 Å². The molecule has 2 saturated heterocycles. The van der Waals surface area contributed by atoms with E-state index in [0.717, 1.165) is 30.2 Å². The lowest BCUT2D eigenvalue weighted by molar-refractivity contribution is 0.273. The number of aryl methyl sites for hydroxylation is 1. The number of hydrogen-bond donors (Lipinski definition) is 1. The quantitative estimate of drug-likeness (QED) is 0.818. The van der Waals surface area contributed by atoms with Crippen LogP contribution in [-0.4, -0.2) is 42.1 Å². The van der Waals surface area contributed by atoms with Gasteiger partial charge in [0.05, 0.1) is 5.69 Å². The monoisotopic (exact) mass is 246 g/mol. The average molecular weight is 246 g/mol. The first-order valence-corrected chi connectivity index (χ1v) is 6.96. The van der Waals surface area contributed by atoms with Crippen molar-refractivity contribution >= 4 is 11.5 Å². The number of aromatic nitrogens is 1. The summed E-state index contributed by atoms with van der Waals surface area (Å²) in [5.41, 5.74) is 8.17. The largest absolute Gasteiger partial charge is 0.396 e. The van der Waals surface area contributed by atoms with Gasteiger partial charge >= 0.3 is 0 Å². The second-order valence-corrected chi connectivity index (χ2v) is 5.50. The predicted octanol–water partition coefficient (Wildman–Crippen LogP) is 1.65. The van der Waals surface area contributed by atoms with E-state index in [9.17, 15) is 0 Å². The van der Waals surface area contributed by atoms with Crippen LogP contribution in [0.4, 0.5) is 11.5 Å². The molecule has 2 aliphatic rings. The Balaban J connectivity index is 1.85. The fraction of sp³-hybridized carbons (Fsp3) is 0.643. The Kier molecular flexibility index (Phi) is 3.12. The molecule has 3 heterocycles. The normalized spacial score (nSPS) is 24.9. The number of anilines is 2. The van der Waals surface area contributed by atoms with E-state index in [2.05, 4.69) is 21.7 Å². The van der Waals surface area contributed by atoms with Gasteiger partial charge in [0, 0.05) is 31.9 Å². The van der Waals surface area contributed by atoms with Crippen LogP contribution in [0.2, 0.25) is 0 Å². The Morgan fingerprint density at radius 2 is 2.11 bits per heavy atom. The minimum atomic E-state index is 0.703. The smallest absolute Gasteiger partial charge is 0.152 e. The van der Waals surface area contributed by atoms with Crippen molar-refractivity contribution < 1.29 is 0 Å². The molecule has 0 aromatic carbocycles. The summed E-state index contributed by atoms with van der Waals surface area (Å²) in [6.07, 6.45) is 5.75. The van der Waals surface area contributed by atoms with Crippen LogP contribution in [0.5, 0.6) is 0 Å². The third-order valence-corrected chi connectivity index (χ3v) is 4.29. The molecule has 0 saturated carbocycles. The third kappa shape index (κ3) is 2.05. The predicted molar refractivity (Wildman–Crippen MR) is 74.8 cm³/mol. The van der Waals surface area contributed by atoms with Gasteiger partial charge in [-0.15, -0.1) is 0 Å². The lowest BCUT2D eigenvalue weighted by atomic mass is 10.2. The van der Waals surface area contributed by atoms with Crippen LogP contribution >= 0.6 is 0 Å². The molecule has 2 N–H and O–H groups in total. The molecular weight excluding hydrogens is 224 g/mol. The fourth-order valence-corrected chi connectivity index (χ4v) is 3.21. The fourth-order valence-electron chi connectivity index (χ4n) is 3.21. The Hall–Kier alpha value is -1.29. The van der Waals surface area contributed by atoms with E-state index in [0.29, 0.717) is 6.04 Å². The molecule has 4 heteroatoms. The molecule has 0 bridgehead atoms. The van der Waals surface area contributed by atoms with Crippen molar-refractivity contribution in [3.63, 3.8) is 0 Å². The van der Waals surface area contributed by atoms with Gasteiger partial charge in [0.25, 0.3) is 0 Å². The number of nitrogens with zero attached hydrogens (tertiary/aromatic N) is 3. The maximum Gasteiger partial charge on any atom is 0.152 e. The zero-order chi connectivity index (χ0) is 12.5. The molecule has 1 unspecified atom stereocenters. The molecule has 18 heavy (non-hydrogen) atoms. The summed E-state index contributed by atoms with van der Waals surface area (Å²) in [7, 11) is 0. The Labute approximate surface area is 109 Å². The second kappa shape index (κ2) is 4.76. The number of hydrogen-bond acceptors (Lipinski definition) is 4. The Bertz CT molecular complexity index is 432. The lowest BCUT2D eigenvalue weighted by Crippen LogP contribution is -2.37. The van der Waals surface area contributed by atoms with Crippen molar-refractivity contribution in [1.82, 2.24) is 9.88 Å². The topological polar surface area (TPSA) is 45.4 Å². The van der Waals surface area contributed by atoms with E-state index in [4.69, 9.17) is 5.73 Å². The molecule has 0 radical (unpaired) electrons. The summed E-state index contributed by atoms with van der Waals surface area (Å²) in [5.74, 6) is 0.990. The number of rotatable bonds is 1. The summed E-state index contributed by atoms with van der Waals surface area (Å²) in [6, 6.07) is 2.69. The van der Waals surface area contributed by atoms with Crippen molar-refractivity contribution in [2.75, 3.05) is 36.8 Å². The van der Waals surface area contributed by atoms with E-state index in [1.165, 1.54) is 32.4 Å². The van der Waals surface area contributed by atoms with Gasteiger partial charge in [0.2, 0.25) is 0 Å². The number of pyridine rings is 1. The first-order chi connectivity index (χ1) is 8.75. The molecule has 1 aromatic rings. The van der Waals surface area contributed by atoms with Gasteiger partial charge < -0.3 is 10.6 Å². The van der Waals surface area contributed by atoms with E-state index in [1.54, 1.807) is 0 Å². The van der Waals surface area contributed by atoms with Crippen LogP contribution in [0.3, 0.4) is 0 Å². The standard InChI is InChI=1S/C14H22N4/c1-11-5-6-16-14(13(11)15)18-9-3-8-17-7-2-4-12(17)10-18/h5-6,12H,2-4,7-10,15H2,1H3. The van der Waals surface area contributed by atoms with Gasteiger partial charge in [-0.1, -0.05) is 0 Å². The molecule has 0 spiro atoms. The summed E-state index contributed by atoms with van der Waals surface area (Å²) < 4.78 is 0. The van der Waals surface area contributed by atoms with Gasteiger partial charge in [0.1, 0.15) is 0 Å². The lowest BCUT2D eigenvalue weighted by Gasteiger charge is -2.27. The van der Waals surface area contributed by atoms with Crippen molar-refractivity contribution in [2.45, 2.75) is 32.2 Å². The van der Waals surface area contributed by atoms with Crippen molar-refractivity contribution in [2.24, 2.45) is 0 Å². The first-order valence-electron chi connectivity index (χ1n) is 6.96. The molecular formula is C14H22N4. The highest BCUT2D eigenvalue weighted by Gasteiger charge is 2.29. The summed E-state index contributed by atoms with van der Waals surface area (Å²) in [6.45, 7) is 6.72. The minimum absolute atomic E-state index is 0.703. The second-order valence-electron chi connectivity index (χ2n) is 5.50. The molecule has 0 amide bonds. The van der Waals surface area contributed by atoms with Crippen LogP contribution in [0.25, 0.3) is 0 Å². The molecule has 1 aromatic heterocycles. The van der Waals surface area contributed by atoms with E-state index < -0.39 is 0 Å². The van der Waals surface area contributed by atoms with Gasteiger partial charge in [-0.3, -0.25) is 4.90 Å². The van der Waals surface area contributed by atoms with E-state index >= 15 is 0 Å². The molecule has 4 nitrogen and oxygen atoms in total. The Morgan fingerprint density at radius 1 is 1.28 bits per heavy atom. The van der Waals surface area contributed by atoms with Gasteiger partial charge in [-0.05, 0) is 44.4 Å². The maximum absolute atomic E-state index is 6.18. The highest BCUT2D eigenvalue weighted by molar-refractivity contribution is 5.66. The van der Waals surface area contributed by atoms with Crippen LogP contribution in [-0.2, 0) is 0 Å². The summed E-state index contributed by atoms with van der Waals surface area (Å²) in [5, 5.41) is 0. The molecule has 0 aliphatic carbocycles. The minimum Gasteiger partial charge on any atom is -0.396 e. The summed E-state index contributed by atoms with van der Waals surface area (Å²) >= 11 is 0. The zero-order valence-electron chi connectivity index (χ0n) is 11.1. The highest BCUT2D eigenvalue weighted by atomic mass is 15.3. The highest BCUT2D eigenvalue weighted by Crippen LogP contribution is 2.28. The third-order valence-electron chi connectivity index (χ3n) is 4.29. The van der Waals surface area contributed by atoms with Gasteiger partial charge in [-0.2, -0.15) is 0 Å². The van der Waals surface area contributed by atoms with Crippen molar-refractivity contribution in [3.05, 3.63) is 17.8 Å². The zero-order valence-corrected chi connectivity index (χ0v) is 11.1. The molecule has 2 aliphatic heterocycles. The van der Waals surface area contributed by atoms with E-state index in [1.807, 2.05) is 12.3 Å². The van der Waals surface area contributed by atoms with Crippen LogP contribution < -0.4 is 10.6 Å². The number of nitrogen functional groups attached to an aromatic ring is 1. The van der Waals surface area contributed by atoms with Crippen LogP contribution in [0.1, 0.15) is 24.8 Å².